The molecule has 0 atom stereocenters. The lowest BCUT2D eigenvalue weighted by molar-refractivity contribution is 0.219. The summed E-state index contributed by atoms with van der Waals surface area (Å²) in [5, 5.41) is 0. The molecule has 2 rings (SSSR count). The third-order valence-electron chi connectivity index (χ3n) is 3.17. The van der Waals surface area contributed by atoms with E-state index in [4.69, 9.17) is 13.8 Å². The van der Waals surface area contributed by atoms with E-state index in [1.54, 1.807) is 0 Å². The first kappa shape index (κ1) is 17.7. The van der Waals surface area contributed by atoms with Gasteiger partial charge in [0, 0.05) is 0 Å². The minimum Gasteiger partial charge on any atom is -0.489 e. The van der Waals surface area contributed by atoms with Crippen LogP contribution in [0.1, 0.15) is 25.0 Å². The molecular formula is C18H23O4P. The second-order valence-electron chi connectivity index (χ2n) is 5.03. The molecular weight excluding hydrogens is 311 g/mol. The highest BCUT2D eigenvalue weighted by atomic mass is 31.2. The lowest BCUT2D eigenvalue weighted by Gasteiger charge is -2.17. The van der Waals surface area contributed by atoms with Gasteiger partial charge in [-0.05, 0) is 37.1 Å². The summed E-state index contributed by atoms with van der Waals surface area (Å²) in [6.07, 6.45) is 0.247. The van der Waals surface area contributed by atoms with Crippen LogP contribution < -0.4 is 4.74 Å². The Labute approximate surface area is 137 Å². The molecule has 0 aliphatic rings. The fourth-order valence-corrected chi connectivity index (χ4v) is 3.91. The van der Waals surface area contributed by atoms with E-state index in [1.807, 2.05) is 68.4 Å². The number of ether oxygens (including phenoxy) is 1. The third-order valence-corrected chi connectivity index (χ3v) is 5.23. The molecule has 0 bridgehead atoms. The molecule has 2 aromatic carbocycles. The standard InChI is InChI=1S/C18H23O4P/c1-3-21-23(19,22-4-2)15-17-11-8-12-18(13-17)20-14-16-9-6-5-7-10-16/h5-13H,3-4,14-15H2,1-2H3. The van der Waals surface area contributed by atoms with E-state index in [1.165, 1.54) is 0 Å². The van der Waals surface area contributed by atoms with Gasteiger partial charge in [0.25, 0.3) is 0 Å². The van der Waals surface area contributed by atoms with E-state index in [-0.39, 0.29) is 6.16 Å². The van der Waals surface area contributed by atoms with Crippen LogP contribution in [0, 0.1) is 0 Å². The lowest BCUT2D eigenvalue weighted by Crippen LogP contribution is -2.00. The van der Waals surface area contributed by atoms with Crippen molar-refractivity contribution in [1.29, 1.82) is 0 Å². The molecule has 0 aliphatic heterocycles. The molecule has 0 amide bonds. The van der Waals surface area contributed by atoms with Crippen LogP contribution in [0.3, 0.4) is 0 Å². The summed E-state index contributed by atoms with van der Waals surface area (Å²) in [5.74, 6) is 0.742. The first-order chi connectivity index (χ1) is 11.1. The molecule has 5 heteroatoms. The van der Waals surface area contributed by atoms with Gasteiger partial charge in [0.05, 0.1) is 19.4 Å². The second-order valence-corrected chi connectivity index (χ2v) is 7.08. The van der Waals surface area contributed by atoms with Crippen molar-refractivity contribution in [2.45, 2.75) is 26.6 Å². The van der Waals surface area contributed by atoms with E-state index >= 15 is 0 Å². The second kappa shape index (κ2) is 8.88. The molecule has 0 radical (unpaired) electrons. The Balaban J connectivity index is 2.02. The molecule has 0 saturated heterocycles. The maximum atomic E-state index is 12.6. The molecule has 0 saturated carbocycles. The van der Waals surface area contributed by atoms with Crippen molar-refractivity contribution >= 4 is 7.60 Å². The molecule has 4 nitrogen and oxygen atoms in total. The molecule has 0 fully saturated rings. The summed E-state index contributed by atoms with van der Waals surface area (Å²) < 4.78 is 29.1. The van der Waals surface area contributed by atoms with Gasteiger partial charge in [-0.2, -0.15) is 0 Å². The van der Waals surface area contributed by atoms with Gasteiger partial charge >= 0.3 is 7.60 Å². The van der Waals surface area contributed by atoms with E-state index in [0.29, 0.717) is 19.8 Å². The monoisotopic (exact) mass is 334 g/mol. The van der Waals surface area contributed by atoms with Crippen LogP contribution in [0.15, 0.2) is 54.6 Å². The van der Waals surface area contributed by atoms with Crippen LogP contribution in [-0.2, 0) is 26.4 Å². The zero-order chi connectivity index (χ0) is 16.5. The minimum absolute atomic E-state index is 0.247. The highest BCUT2D eigenvalue weighted by Gasteiger charge is 2.24. The molecule has 0 N–H and O–H groups in total. The number of hydrogen-bond acceptors (Lipinski definition) is 4. The van der Waals surface area contributed by atoms with Crippen molar-refractivity contribution in [2.75, 3.05) is 13.2 Å². The molecule has 0 unspecified atom stereocenters. The summed E-state index contributed by atoms with van der Waals surface area (Å²) in [4.78, 5) is 0. The predicted molar refractivity (Wildman–Crippen MR) is 91.8 cm³/mol. The van der Waals surface area contributed by atoms with E-state index in [2.05, 4.69) is 0 Å². The highest BCUT2D eigenvalue weighted by Crippen LogP contribution is 2.51. The molecule has 124 valence electrons. The largest absolute Gasteiger partial charge is 0.489 e. The molecule has 0 spiro atoms. The van der Waals surface area contributed by atoms with Gasteiger partial charge in [-0.25, -0.2) is 0 Å². The van der Waals surface area contributed by atoms with Crippen LogP contribution in [-0.4, -0.2) is 13.2 Å². The maximum absolute atomic E-state index is 12.6. The summed E-state index contributed by atoms with van der Waals surface area (Å²) in [6.45, 7) is 4.85. The van der Waals surface area contributed by atoms with Crippen molar-refractivity contribution in [3.8, 4) is 5.75 Å². The Morgan fingerprint density at radius 2 is 1.52 bits per heavy atom. The number of benzene rings is 2. The van der Waals surface area contributed by atoms with Crippen molar-refractivity contribution < 1.29 is 18.3 Å². The lowest BCUT2D eigenvalue weighted by atomic mass is 10.2. The third kappa shape index (κ3) is 5.83. The topological polar surface area (TPSA) is 44.8 Å². The highest BCUT2D eigenvalue weighted by molar-refractivity contribution is 7.53. The van der Waals surface area contributed by atoms with Crippen molar-refractivity contribution in [1.82, 2.24) is 0 Å². The molecule has 0 aliphatic carbocycles. The Morgan fingerprint density at radius 3 is 2.17 bits per heavy atom. The quantitative estimate of drug-likeness (QED) is 0.603. The maximum Gasteiger partial charge on any atom is 0.335 e. The summed E-state index contributed by atoms with van der Waals surface area (Å²) in [6, 6.07) is 17.5. The van der Waals surface area contributed by atoms with Crippen LogP contribution in [0.2, 0.25) is 0 Å². The Morgan fingerprint density at radius 1 is 0.870 bits per heavy atom. The zero-order valence-corrected chi connectivity index (χ0v) is 14.5. The van der Waals surface area contributed by atoms with Gasteiger partial charge in [-0.1, -0.05) is 42.5 Å². The van der Waals surface area contributed by atoms with Crippen molar-refractivity contribution in [3.05, 3.63) is 65.7 Å². The Kier molecular flexibility index (Phi) is 6.85. The van der Waals surface area contributed by atoms with Gasteiger partial charge in [0.15, 0.2) is 0 Å². The molecule has 2 aromatic rings. The SMILES string of the molecule is CCOP(=O)(Cc1cccc(OCc2ccccc2)c1)OCC. The number of hydrogen-bond donors (Lipinski definition) is 0. The zero-order valence-electron chi connectivity index (χ0n) is 13.6. The average molecular weight is 334 g/mol. The summed E-state index contributed by atoms with van der Waals surface area (Å²) in [7, 11) is -3.09. The normalized spacial score (nSPS) is 11.4. The van der Waals surface area contributed by atoms with Crippen LogP contribution in [0.5, 0.6) is 5.75 Å². The average Bonchev–Trinajstić information content (AvgIpc) is 2.54. The van der Waals surface area contributed by atoms with E-state index in [9.17, 15) is 4.57 Å². The predicted octanol–water partition coefficient (Wildman–Crippen LogP) is 5.03. The number of rotatable bonds is 9. The van der Waals surface area contributed by atoms with Gasteiger partial charge in [0.1, 0.15) is 12.4 Å². The first-order valence-electron chi connectivity index (χ1n) is 7.79. The van der Waals surface area contributed by atoms with Gasteiger partial charge < -0.3 is 13.8 Å². The van der Waals surface area contributed by atoms with Crippen LogP contribution in [0.4, 0.5) is 0 Å². The van der Waals surface area contributed by atoms with Gasteiger partial charge in [-0.3, -0.25) is 4.57 Å². The molecule has 0 aromatic heterocycles. The van der Waals surface area contributed by atoms with Crippen molar-refractivity contribution in [2.24, 2.45) is 0 Å². The first-order valence-corrected chi connectivity index (χ1v) is 9.52. The van der Waals surface area contributed by atoms with E-state index < -0.39 is 7.60 Å². The minimum atomic E-state index is -3.09. The van der Waals surface area contributed by atoms with Gasteiger partial charge in [-0.15, -0.1) is 0 Å². The van der Waals surface area contributed by atoms with Crippen LogP contribution in [0.25, 0.3) is 0 Å². The summed E-state index contributed by atoms with van der Waals surface area (Å²) >= 11 is 0. The molecule has 23 heavy (non-hydrogen) atoms. The smallest absolute Gasteiger partial charge is 0.335 e. The van der Waals surface area contributed by atoms with Gasteiger partial charge in [0.2, 0.25) is 0 Å². The fourth-order valence-electron chi connectivity index (χ4n) is 2.22. The fraction of sp³-hybridized carbons (Fsp3) is 0.333. The van der Waals surface area contributed by atoms with E-state index in [0.717, 1.165) is 16.9 Å². The molecule has 0 heterocycles. The summed E-state index contributed by atoms with van der Waals surface area (Å²) in [5.41, 5.74) is 1.98. The Hall–Kier alpha value is -1.61. The van der Waals surface area contributed by atoms with Crippen LogP contribution >= 0.6 is 7.60 Å². The Bertz CT molecular complexity index is 632. The van der Waals surface area contributed by atoms with Crippen molar-refractivity contribution in [3.63, 3.8) is 0 Å².